The van der Waals surface area contributed by atoms with Crippen LogP contribution in [0, 0.1) is 5.92 Å². The second-order valence-electron chi connectivity index (χ2n) is 5.83. The number of ether oxygens (including phenoxy) is 2. The Morgan fingerprint density at radius 3 is 2.62 bits per heavy atom. The Balaban J connectivity index is 1.86. The van der Waals surface area contributed by atoms with Gasteiger partial charge in [-0.25, -0.2) is 4.98 Å². The molecule has 0 aliphatic rings. The Morgan fingerprint density at radius 1 is 1.21 bits per heavy atom. The quantitative estimate of drug-likeness (QED) is 0.692. The van der Waals surface area contributed by atoms with E-state index in [1.807, 2.05) is 6.92 Å². The van der Waals surface area contributed by atoms with Gasteiger partial charge in [-0.2, -0.15) is 13.8 Å². The van der Waals surface area contributed by atoms with Crippen molar-refractivity contribution in [1.82, 2.24) is 15.1 Å². The third kappa shape index (κ3) is 5.84. The van der Waals surface area contributed by atoms with Gasteiger partial charge in [-0.05, 0) is 31.4 Å². The van der Waals surface area contributed by atoms with Gasteiger partial charge in [-0.1, -0.05) is 19.0 Å². The fourth-order valence-corrected chi connectivity index (χ4v) is 2.22. The Hall–Kier alpha value is -2.09. The first-order valence-electron chi connectivity index (χ1n) is 7.79. The van der Waals surface area contributed by atoms with Crippen LogP contribution in [0.15, 0.2) is 22.9 Å². The van der Waals surface area contributed by atoms with Gasteiger partial charge in [0.2, 0.25) is 11.7 Å². The highest BCUT2D eigenvalue weighted by Crippen LogP contribution is 2.18. The van der Waals surface area contributed by atoms with Gasteiger partial charge in [0.15, 0.2) is 0 Å². The molecule has 0 spiro atoms. The summed E-state index contributed by atoms with van der Waals surface area (Å²) >= 11 is 0. The van der Waals surface area contributed by atoms with E-state index in [0.717, 1.165) is 6.42 Å². The Labute approximate surface area is 139 Å². The smallest absolute Gasteiger partial charge is 0.387 e. The summed E-state index contributed by atoms with van der Waals surface area (Å²) in [6.07, 6.45) is 2.86. The normalized spacial score (nSPS) is 12.8. The SMILES string of the molecule is CC(C)CC(C)OCCc1nc(-c2ccc(OC(F)F)cn2)no1. The molecule has 0 radical (unpaired) electrons. The molecule has 0 fully saturated rings. The largest absolute Gasteiger partial charge is 0.433 e. The molecule has 24 heavy (non-hydrogen) atoms. The number of rotatable bonds is 9. The molecule has 8 heteroatoms. The Bertz CT molecular complexity index is 617. The molecule has 6 nitrogen and oxygen atoms in total. The maximum absolute atomic E-state index is 12.1. The maximum Gasteiger partial charge on any atom is 0.387 e. The van der Waals surface area contributed by atoms with Crippen LogP contribution >= 0.6 is 0 Å². The van der Waals surface area contributed by atoms with Crippen LogP contribution in [0.3, 0.4) is 0 Å². The molecule has 2 aromatic heterocycles. The van der Waals surface area contributed by atoms with Crippen molar-refractivity contribution in [2.45, 2.75) is 46.3 Å². The molecule has 132 valence electrons. The van der Waals surface area contributed by atoms with Crippen molar-refractivity contribution in [3.63, 3.8) is 0 Å². The number of nitrogens with zero attached hydrogens (tertiary/aromatic N) is 3. The summed E-state index contributed by atoms with van der Waals surface area (Å²) in [6, 6.07) is 2.87. The molecule has 0 saturated heterocycles. The number of hydrogen-bond donors (Lipinski definition) is 0. The predicted molar refractivity (Wildman–Crippen MR) is 82.7 cm³/mol. The molecule has 1 unspecified atom stereocenters. The zero-order valence-corrected chi connectivity index (χ0v) is 13.9. The third-order valence-corrected chi connectivity index (χ3v) is 3.18. The number of halogens is 2. The summed E-state index contributed by atoms with van der Waals surface area (Å²) in [5, 5.41) is 3.83. The second kappa shape index (κ2) is 8.68. The summed E-state index contributed by atoms with van der Waals surface area (Å²) in [7, 11) is 0. The van der Waals surface area contributed by atoms with Gasteiger partial charge in [0.1, 0.15) is 11.4 Å². The fourth-order valence-electron chi connectivity index (χ4n) is 2.22. The van der Waals surface area contributed by atoms with Crippen LogP contribution in [-0.2, 0) is 11.2 Å². The molecular weight excluding hydrogens is 320 g/mol. The van der Waals surface area contributed by atoms with Gasteiger partial charge < -0.3 is 14.0 Å². The standard InChI is InChI=1S/C16H21F2N3O3/c1-10(2)8-11(3)22-7-6-14-20-15(21-24-14)13-5-4-12(9-19-13)23-16(17)18/h4-5,9-11,16H,6-8H2,1-3H3. The molecular formula is C16H21F2N3O3. The first-order chi connectivity index (χ1) is 11.4. The minimum Gasteiger partial charge on any atom is -0.433 e. The first kappa shape index (κ1) is 18.3. The lowest BCUT2D eigenvalue weighted by atomic mass is 10.1. The average molecular weight is 341 g/mol. The highest BCUT2D eigenvalue weighted by Gasteiger charge is 2.12. The van der Waals surface area contributed by atoms with Gasteiger partial charge in [-0.3, -0.25) is 0 Å². The highest BCUT2D eigenvalue weighted by atomic mass is 19.3. The lowest BCUT2D eigenvalue weighted by Gasteiger charge is -2.14. The van der Waals surface area contributed by atoms with E-state index in [9.17, 15) is 8.78 Å². The van der Waals surface area contributed by atoms with Crippen LogP contribution in [0.1, 0.15) is 33.1 Å². The molecule has 0 N–H and O–H groups in total. The summed E-state index contributed by atoms with van der Waals surface area (Å²) in [6.45, 7) is 3.94. The number of aromatic nitrogens is 3. The zero-order chi connectivity index (χ0) is 17.5. The molecule has 0 amide bonds. The van der Waals surface area contributed by atoms with E-state index in [1.54, 1.807) is 0 Å². The summed E-state index contributed by atoms with van der Waals surface area (Å²) in [4.78, 5) is 8.20. The monoisotopic (exact) mass is 341 g/mol. The van der Waals surface area contributed by atoms with E-state index in [1.165, 1.54) is 18.3 Å². The molecule has 0 saturated carbocycles. The predicted octanol–water partition coefficient (Wildman–Crippen LogP) is 3.73. The van der Waals surface area contributed by atoms with Crippen molar-refractivity contribution in [3.8, 4) is 17.3 Å². The van der Waals surface area contributed by atoms with Crippen LogP contribution in [0.5, 0.6) is 5.75 Å². The number of alkyl halides is 2. The van der Waals surface area contributed by atoms with Gasteiger partial charge in [-0.15, -0.1) is 0 Å². The molecule has 1 atom stereocenters. The van der Waals surface area contributed by atoms with Crippen molar-refractivity contribution >= 4 is 0 Å². The molecule has 2 rings (SSSR count). The summed E-state index contributed by atoms with van der Waals surface area (Å²) < 4.78 is 39.3. The third-order valence-electron chi connectivity index (χ3n) is 3.18. The summed E-state index contributed by atoms with van der Waals surface area (Å²) in [5.74, 6) is 1.29. The highest BCUT2D eigenvalue weighted by molar-refractivity contribution is 5.48. The molecule has 0 aliphatic carbocycles. The van der Waals surface area contributed by atoms with Gasteiger partial charge in [0.05, 0.1) is 25.3 Å². The van der Waals surface area contributed by atoms with Crippen LogP contribution in [0.4, 0.5) is 8.78 Å². The van der Waals surface area contributed by atoms with Gasteiger partial charge in [0.25, 0.3) is 0 Å². The lowest BCUT2D eigenvalue weighted by Crippen LogP contribution is -2.13. The molecule has 2 heterocycles. The van der Waals surface area contributed by atoms with E-state index in [4.69, 9.17) is 9.26 Å². The van der Waals surface area contributed by atoms with E-state index in [-0.39, 0.29) is 11.9 Å². The van der Waals surface area contributed by atoms with Crippen molar-refractivity contribution in [2.75, 3.05) is 6.61 Å². The minimum atomic E-state index is -2.88. The molecule has 2 aromatic rings. The molecule has 0 aromatic carbocycles. The number of hydrogen-bond acceptors (Lipinski definition) is 6. The van der Waals surface area contributed by atoms with E-state index >= 15 is 0 Å². The van der Waals surface area contributed by atoms with E-state index in [2.05, 4.69) is 33.7 Å². The van der Waals surface area contributed by atoms with Crippen molar-refractivity contribution in [2.24, 2.45) is 5.92 Å². The molecule has 0 bridgehead atoms. The van der Waals surface area contributed by atoms with Crippen LogP contribution in [-0.4, -0.2) is 34.4 Å². The van der Waals surface area contributed by atoms with E-state index < -0.39 is 6.61 Å². The van der Waals surface area contributed by atoms with Gasteiger partial charge >= 0.3 is 6.61 Å². The minimum absolute atomic E-state index is 0.0231. The first-order valence-corrected chi connectivity index (χ1v) is 7.79. The Kier molecular flexibility index (Phi) is 6.60. The average Bonchev–Trinajstić information content (AvgIpc) is 2.95. The Morgan fingerprint density at radius 2 is 2.00 bits per heavy atom. The zero-order valence-electron chi connectivity index (χ0n) is 13.9. The van der Waals surface area contributed by atoms with Crippen LogP contribution < -0.4 is 4.74 Å². The molecule has 0 aliphatic heterocycles. The second-order valence-corrected chi connectivity index (χ2v) is 5.83. The fraction of sp³-hybridized carbons (Fsp3) is 0.562. The lowest BCUT2D eigenvalue weighted by molar-refractivity contribution is -0.0500. The van der Waals surface area contributed by atoms with Crippen LogP contribution in [0.2, 0.25) is 0 Å². The summed E-state index contributed by atoms with van der Waals surface area (Å²) in [5.41, 5.74) is 0.417. The van der Waals surface area contributed by atoms with Crippen molar-refractivity contribution in [3.05, 3.63) is 24.2 Å². The topological polar surface area (TPSA) is 70.3 Å². The van der Waals surface area contributed by atoms with Gasteiger partial charge in [0, 0.05) is 0 Å². The van der Waals surface area contributed by atoms with Crippen molar-refractivity contribution < 1.29 is 22.8 Å². The number of pyridine rings is 1. The van der Waals surface area contributed by atoms with E-state index in [0.29, 0.717) is 36.4 Å². The van der Waals surface area contributed by atoms with Crippen molar-refractivity contribution in [1.29, 1.82) is 0 Å². The maximum atomic E-state index is 12.1. The van der Waals surface area contributed by atoms with Crippen LogP contribution in [0.25, 0.3) is 11.5 Å².